The van der Waals surface area contributed by atoms with E-state index in [1.54, 1.807) is 0 Å². The molecule has 0 aromatic rings. The Balaban J connectivity index is 3.00. The highest BCUT2D eigenvalue weighted by molar-refractivity contribution is 5.89. The van der Waals surface area contributed by atoms with Gasteiger partial charge >= 0.3 is 11.9 Å². The average Bonchev–Trinajstić information content (AvgIpc) is 2.57. The number of hydrogen-bond donors (Lipinski definition) is 4. The number of carbonyl (C=O) groups is 2. The highest BCUT2D eigenvalue weighted by atomic mass is 16.7. The van der Waals surface area contributed by atoms with E-state index in [1.165, 1.54) is 0 Å². The third kappa shape index (κ3) is 2.22. The van der Waals surface area contributed by atoms with Gasteiger partial charge in [0, 0.05) is 6.08 Å². The first kappa shape index (κ1) is 13.0. The van der Waals surface area contributed by atoms with Gasteiger partial charge < -0.3 is 29.9 Å². The number of rotatable bonds is 4. The van der Waals surface area contributed by atoms with E-state index in [4.69, 9.17) is 10.2 Å². The molecule has 0 fully saturated rings. The first-order valence-corrected chi connectivity index (χ1v) is 4.37. The quantitative estimate of drug-likeness (QED) is 0.272. The molecule has 0 aromatic heterocycles. The Hall–Kier alpha value is -2.06. The Labute approximate surface area is 95.0 Å². The molecule has 1 rings (SSSR count). The number of ether oxygens (including phenoxy) is 2. The molecule has 0 aliphatic carbocycles. The van der Waals surface area contributed by atoms with Gasteiger partial charge in [-0.25, -0.2) is 9.59 Å². The molecule has 0 saturated carbocycles. The molecule has 0 saturated heterocycles. The molecule has 0 bridgehead atoms. The van der Waals surface area contributed by atoms with Crippen molar-refractivity contribution in [3.63, 3.8) is 0 Å². The van der Waals surface area contributed by atoms with E-state index in [9.17, 15) is 19.8 Å². The maximum absolute atomic E-state index is 10.9. The molecule has 2 atom stereocenters. The Morgan fingerprint density at radius 3 is 2.53 bits per heavy atom. The largest absolute Gasteiger partial charge is 0.505 e. The number of aliphatic hydroxyl groups is 4. The molecule has 4 N–H and O–H groups in total. The maximum atomic E-state index is 10.9. The van der Waals surface area contributed by atoms with Crippen molar-refractivity contribution in [3.8, 4) is 0 Å². The van der Waals surface area contributed by atoms with Crippen molar-refractivity contribution in [1.29, 1.82) is 0 Å². The number of hydrogen-bond acceptors (Lipinski definition) is 8. The standard InChI is InChI=1S/C9H10O8/c1-2-4(11)17-9(15,3-10)7-5(12)6(13)8(14)16-7/h2,7,10,12-13,15H,1,3H2/t7-,9+/m0/s1. The van der Waals surface area contributed by atoms with Crippen LogP contribution in [-0.4, -0.2) is 50.9 Å². The smallest absolute Gasteiger partial charge is 0.378 e. The molecule has 0 amide bonds. The van der Waals surface area contributed by atoms with E-state index < -0.39 is 42.0 Å². The summed E-state index contributed by atoms with van der Waals surface area (Å²) < 4.78 is 8.71. The molecule has 94 valence electrons. The van der Waals surface area contributed by atoms with Gasteiger partial charge in [-0.15, -0.1) is 0 Å². The average molecular weight is 246 g/mol. The Bertz CT molecular complexity index is 398. The highest BCUT2D eigenvalue weighted by Gasteiger charge is 2.51. The molecule has 0 radical (unpaired) electrons. The molecule has 1 aliphatic heterocycles. The van der Waals surface area contributed by atoms with E-state index in [2.05, 4.69) is 16.1 Å². The fourth-order valence-electron chi connectivity index (χ4n) is 1.14. The van der Waals surface area contributed by atoms with Crippen LogP contribution in [-0.2, 0) is 19.1 Å². The number of aliphatic hydroxyl groups excluding tert-OH is 3. The predicted molar refractivity (Wildman–Crippen MR) is 50.5 cm³/mol. The summed E-state index contributed by atoms with van der Waals surface area (Å²) in [5, 5.41) is 36.9. The van der Waals surface area contributed by atoms with Crippen LogP contribution in [0.3, 0.4) is 0 Å². The third-order valence-electron chi connectivity index (χ3n) is 1.99. The van der Waals surface area contributed by atoms with E-state index in [0.717, 1.165) is 0 Å². The maximum Gasteiger partial charge on any atom is 0.378 e. The summed E-state index contributed by atoms with van der Waals surface area (Å²) in [5.74, 6) is -7.29. The monoisotopic (exact) mass is 246 g/mol. The minimum absolute atomic E-state index is 0.692. The molecule has 0 unspecified atom stereocenters. The molecule has 0 spiro atoms. The lowest BCUT2D eigenvalue weighted by atomic mass is 10.1. The Morgan fingerprint density at radius 2 is 2.18 bits per heavy atom. The van der Waals surface area contributed by atoms with Crippen LogP contribution in [0.25, 0.3) is 0 Å². The van der Waals surface area contributed by atoms with Crippen molar-refractivity contribution in [1.82, 2.24) is 0 Å². The summed E-state index contributed by atoms with van der Waals surface area (Å²) in [5.41, 5.74) is 0. The normalized spacial score (nSPS) is 22.9. The summed E-state index contributed by atoms with van der Waals surface area (Å²) in [6, 6.07) is 0. The van der Waals surface area contributed by atoms with Crippen molar-refractivity contribution < 1.29 is 39.5 Å². The molecule has 8 nitrogen and oxygen atoms in total. The van der Waals surface area contributed by atoms with Gasteiger partial charge in [-0.2, -0.15) is 0 Å². The summed E-state index contributed by atoms with van der Waals surface area (Å²) in [6.45, 7) is 1.89. The second kappa shape index (κ2) is 4.44. The van der Waals surface area contributed by atoms with Gasteiger partial charge in [0.05, 0.1) is 0 Å². The fourth-order valence-corrected chi connectivity index (χ4v) is 1.14. The van der Waals surface area contributed by atoms with Gasteiger partial charge in [0.1, 0.15) is 6.61 Å². The van der Waals surface area contributed by atoms with Gasteiger partial charge in [0.2, 0.25) is 11.9 Å². The molecule has 1 heterocycles. The molecule has 17 heavy (non-hydrogen) atoms. The topological polar surface area (TPSA) is 134 Å². The second-order valence-electron chi connectivity index (χ2n) is 3.15. The van der Waals surface area contributed by atoms with E-state index in [-0.39, 0.29) is 0 Å². The lowest BCUT2D eigenvalue weighted by Crippen LogP contribution is -2.50. The number of esters is 2. The lowest BCUT2D eigenvalue weighted by molar-refractivity contribution is -0.256. The van der Waals surface area contributed by atoms with Gasteiger partial charge in [0.15, 0.2) is 5.76 Å². The Kier molecular flexibility index (Phi) is 3.39. The fraction of sp³-hybridized carbons (Fsp3) is 0.333. The van der Waals surface area contributed by atoms with Crippen LogP contribution in [0, 0.1) is 0 Å². The van der Waals surface area contributed by atoms with Crippen LogP contribution in [0.1, 0.15) is 0 Å². The van der Waals surface area contributed by atoms with Crippen molar-refractivity contribution >= 4 is 11.9 Å². The van der Waals surface area contributed by atoms with E-state index in [0.29, 0.717) is 6.08 Å². The molecule has 0 aromatic carbocycles. The van der Waals surface area contributed by atoms with Crippen molar-refractivity contribution in [3.05, 3.63) is 24.2 Å². The zero-order valence-electron chi connectivity index (χ0n) is 8.49. The number of cyclic esters (lactones) is 1. The summed E-state index contributed by atoms with van der Waals surface area (Å²) in [6.07, 6.45) is -1.21. The van der Waals surface area contributed by atoms with Crippen LogP contribution in [0.2, 0.25) is 0 Å². The molecular weight excluding hydrogens is 236 g/mol. The van der Waals surface area contributed by atoms with Crippen LogP contribution in [0.5, 0.6) is 0 Å². The van der Waals surface area contributed by atoms with Gasteiger partial charge in [0.25, 0.3) is 5.79 Å². The minimum atomic E-state index is -2.70. The van der Waals surface area contributed by atoms with Gasteiger partial charge in [-0.1, -0.05) is 6.58 Å². The van der Waals surface area contributed by atoms with Crippen molar-refractivity contribution in [2.45, 2.75) is 11.9 Å². The van der Waals surface area contributed by atoms with Crippen molar-refractivity contribution in [2.75, 3.05) is 6.61 Å². The highest BCUT2D eigenvalue weighted by Crippen LogP contribution is 2.28. The Morgan fingerprint density at radius 1 is 1.59 bits per heavy atom. The van der Waals surface area contributed by atoms with Gasteiger partial charge in [-0.05, 0) is 0 Å². The summed E-state index contributed by atoms with van der Waals surface area (Å²) in [7, 11) is 0. The van der Waals surface area contributed by atoms with Gasteiger partial charge in [-0.3, -0.25) is 0 Å². The SMILES string of the molecule is C=CC(=O)O[C@](O)(CO)[C@H]1OC(=O)C(O)=C1O. The van der Waals surface area contributed by atoms with Crippen molar-refractivity contribution in [2.24, 2.45) is 0 Å². The first-order valence-electron chi connectivity index (χ1n) is 4.37. The molecule has 1 aliphatic rings. The summed E-state index contributed by atoms with van der Waals surface area (Å²) >= 11 is 0. The number of carbonyl (C=O) groups excluding carboxylic acids is 2. The second-order valence-corrected chi connectivity index (χ2v) is 3.15. The zero-order valence-corrected chi connectivity index (χ0v) is 8.49. The van der Waals surface area contributed by atoms with Crippen LogP contribution < -0.4 is 0 Å². The third-order valence-corrected chi connectivity index (χ3v) is 1.99. The zero-order chi connectivity index (χ0) is 13.2. The van der Waals surface area contributed by atoms with Crippen LogP contribution in [0.15, 0.2) is 24.2 Å². The van der Waals surface area contributed by atoms with Crippen LogP contribution in [0.4, 0.5) is 0 Å². The van der Waals surface area contributed by atoms with Crippen LogP contribution >= 0.6 is 0 Å². The molecular formula is C9H10O8. The van der Waals surface area contributed by atoms with E-state index in [1.807, 2.05) is 0 Å². The predicted octanol–water partition coefficient (Wildman–Crippen LogP) is -1.35. The summed E-state index contributed by atoms with van der Waals surface area (Å²) in [4.78, 5) is 21.8. The van der Waals surface area contributed by atoms with E-state index >= 15 is 0 Å². The first-order chi connectivity index (χ1) is 7.85. The molecule has 8 heteroatoms. The lowest BCUT2D eigenvalue weighted by Gasteiger charge is -2.29. The minimum Gasteiger partial charge on any atom is -0.505 e.